The molecule has 2 N–H and O–H groups in total. The minimum absolute atomic E-state index is 0.00954. The van der Waals surface area contributed by atoms with E-state index < -0.39 is 27.8 Å². The van der Waals surface area contributed by atoms with E-state index >= 15 is 0 Å². The number of rotatable bonds is 3. The average Bonchev–Trinajstić information content (AvgIpc) is 2.32. The molecular weight excluding hydrogens is 198 g/mol. The minimum Gasteiger partial charge on any atom is -0.480 e. The minimum atomic E-state index is -3.72. The van der Waals surface area contributed by atoms with Crippen molar-refractivity contribution in [2.45, 2.75) is 12.5 Å². The first kappa shape index (κ1) is 10.4. The molecule has 1 atom stereocenters. The van der Waals surface area contributed by atoms with Crippen LogP contribution < -0.4 is 0 Å². The van der Waals surface area contributed by atoms with Crippen LogP contribution in [-0.2, 0) is 14.8 Å². The van der Waals surface area contributed by atoms with Crippen LogP contribution in [-0.4, -0.2) is 53.9 Å². The number of aliphatic hydroxyl groups is 1. The van der Waals surface area contributed by atoms with Crippen molar-refractivity contribution in [1.29, 1.82) is 0 Å². The molecule has 0 aromatic rings. The Bertz CT molecular complexity index is 298. The number of aliphatic carboxylic acids is 1. The molecule has 76 valence electrons. The van der Waals surface area contributed by atoms with E-state index in [0.29, 0.717) is 6.42 Å². The molecule has 0 aromatic heterocycles. The van der Waals surface area contributed by atoms with Crippen LogP contribution in [0.2, 0.25) is 0 Å². The lowest BCUT2D eigenvalue weighted by Gasteiger charge is -2.13. The summed E-state index contributed by atoms with van der Waals surface area (Å²) in [6.45, 7) is 0.215. The molecule has 1 aliphatic rings. The summed E-state index contributed by atoms with van der Waals surface area (Å²) in [4.78, 5) is 10.2. The van der Waals surface area contributed by atoms with E-state index in [2.05, 4.69) is 0 Å². The highest BCUT2D eigenvalue weighted by Gasteiger charge is 2.31. The Morgan fingerprint density at radius 3 is 2.54 bits per heavy atom. The van der Waals surface area contributed by atoms with Gasteiger partial charge >= 0.3 is 5.97 Å². The number of nitrogens with zero attached hydrogens (tertiary/aromatic N) is 1. The fourth-order valence-corrected chi connectivity index (χ4v) is 2.49. The third-order valence-corrected chi connectivity index (χ3v) is 3.56. The van der Waals surface area contributed by atoms with E-state index in [-0.39, 0.29) is 13.1 Å². The Morgan fingerprint density at radius 1 is 1.54 bits per heavy atom. The van der Waals surface area contributed by atoms with E-state index in [9.17, 15) is 13.2 Å². The van der Waals surface area contributed by atoms with Gasteiger partial charge in [0.05, 0.1) is 6.10 Å². The highest BCUT2D eigenvalue weighted by molar-refractivity contribution is 7.89. The third-order valence-electron chi connectivity index (χ3n) is 1.83. The molecule has 7 heteroatoms. The van der Waals surface area contributed by atoms with Gasteiger partial charge in [-0.3, -0.25) is 4.79 Å². The Morgan fingerprint density at radius 2 is 2.15 bits per heavy atom. The number of hydrogen-bond acceptors (Lipinski definition) is 4. The van der Waals surface area contributed by atoms with E-state index in [1.165, 1.54) is 0 Å². The van der Waals surface area contributed by atoms with Gasteiger partial charge in [-0.15, -0.1) is 0 Å². The molecule has 1 rings (SSSR count). The van der Waals surface area contributed by atoms with Gasteiger partial charge in [-0.25, -0.2) is 8.42 Å². The molecule has 0 aliphatic carbocycles. The van der Waals surface area contributed by atoms with Gasteiger partial charge in [0.2, 0.25) is 10.0 Å². The standard InChI is InChI=1S/C6H11NO5S/c8-5-1-2-7(3-5)13(11,12)4-6(9)10/h5,8H,1-4H2,(H,9,10). The van der Waals surface area contributed by atoms with Crippen molar-refractivity contribution in [3.05, 3.63) is 0 Å². The Labute approximate surface area is 75.8 Å². The Balaban J connectivity index is 2.65. The fraction of sp³-hybridized carbons (Fsp3) is 0.833. The van der Waals surface area contributed by atoms with E-state index in [1.807, 2.05) is 0 Å². The first-order chi connectivity index (χ1) is 5.92. The van der Waals surface area contributed by atoms with Gasteiger partial charge < -0.3 is 10.2 Å². The van der Waals surface area contributed by atoms with Crippen molar-refractivity contribution in [2.75, 3.05) is 18.8 Å². The predicted molar refractivity (Wildman–Crippen MR) is 43.6 cm³/mol. The lowest BCUT2D eigenvalue weighted by molar-refractivity contribution is -0.134. The maximum Gasteiger partial charge on any atom is 0.320 e. The molecule has 1 fully saturated rings. The molecule has 0 spiro atoms. The molecule has 0 radical (unpaired) electrons. The number of β-amino-alcohol motifs (C(OH)–C–C–N with tert-alkyl or cyclic N) is 1. The molecule has 13 heavy (non-hydrogen) atoms. The van der Waals surface area contributed by atoms with E-state index in [0.717, 1.165) is 4.31 Å². The second-order valence-corrected chi connectivity index (χ2v) is 4.92. The highest BCUT2D eigenvalue weighted by Crippen LogP contribution is 2.13. The van der Waals surface area contributed by atoms with Crippen LogP contribution >= 0.6 is 0 Å². The van der Waals surface area contributed by atoms with Crippen molar-refractivity contribution >= 4 is 16.0 Å². The van der Waals surface area contributed by atoms with Crippen LogP contribution in [0.5, 0.6) is 0 Å². The first-order valence-corrected chi connectivity index (χ1v) is 5.40. The number of carboxylic acid groups (broad SMARTS) is 1. The lowest BCUT2D eigenvalue weighted by Crippen LogP contribution is -2.34. The highest BCUT2D eigenvalue weighted by atomic mass is 32.2. The van der Waals surface area contributed by atoms with Crippen LogP contribution in [0.15, 0.2) is 0 Å². The average molecular weight is 209 g/mol. The normalized spacial score (nSPS) is 24.8. The summed E-state index contributed by atoms with van der Waals surface area (Å²) in [5.74, 6) is -2.28. The zero-order valence-corrected chi connectivity index (χ0v) is 7.70. The van der Waals surface area contributed by atoms with Crippen molar-refractivity contribution < 1.29 is 23.4 Å². The van der Waals surface area contributed by atoms with Crippen molar-refractivity contribution in [2.24, 2.45) is 0 Å². The van der Waals surface area contributed by atoms with Gasteiger partial charge in [0.1, 0.15) is 0 Å². The van der Waals surface area contributed by atoms with Gasteiger partial charge in [0.25, 0.3) is 0 Å². The van der Waals surface area contributed by atoms with Gasteiger partial charge in [-0.05, 0) is 6.42 Å². The van der Waals surface area contributed by atoms with Crippen LogP contribution in [0.1, 0.15) is 6.42 Å². The fourth-order valence-electron chi connectivity index (χ4n) is 1.21. The van der Waals surface area contributed by atoms with E-state index in [1.54, 1.807) is 0 Å². The van der Waals surface area contributed by atoms with Gasteiger partial charge in [-0.2, -0.15) is 4.31 Å². The number of carboxylic acids is 1. The van der Waals surface area contributed by atoms with Gasteiger partial charge in [0, 0.05) is 13.1 Å². The maximum absolute atomic E-state index is 11.2. The summed E-state index contributed by atoms with van der Waals surface area (Å²) in [5.41, 5.74) is 0. The van der Waals surface area contributed by atoms with Gasteiger partial charge in [0.15, 0.2) is 5.75 Å². The van der Waals surface area contributed by atoms with Crippen molar-refractivity contribution in [1.82, 2.24) is 4.31 Å². The number of carbonyl (C=O) groups is 1. The van der Waals surface area contributed by atoms with Crippen molar-refractivity contribution in [3.63, 3.8) is 0 Å². The molecule has 0 aromatic carbocycles. The molecule has 6 nitrogen and oxygen atoms in total. The number of aliphatic hydroxyl groups excluding tert-OH is 1. The molecule has 1 saturated heterocycles. The molecule has 0 saturated carbocycles. The monoisotopic (exact) mass is 209 g/mol. The van der Waals surface area contributed by atoms with Crippen molar-refractivity contribution in [3.8, 4) is 0 Å². The molecule has 1 unspecified atom stereocenters. The zero-order valence-electron chi connectivity index (χ0n) is 6.88. The summed E-state index contributed by atoms with van der Waals surface area (Å²) >= 11 is 0. The molecule has 1 heterocycles. The number of hydrogen-bond donors (Lipinski definition) is 2. The second kappa shape index (κ2) is 3.60. The van der Waals surface area contributed by atoms with Crippen LogP contribution in [0.4, 0.5) is 0 Å². The summed E-state index contributed by atoms with van der Waals surface area (Å²) in [7, 11) is -3.72. The summed E-state index contributed by atoms with van der Waals surface area (Å²) in [5, 5.41) is 17.4. The number of sulfonamides is 1. The van der Waals surface area contributed by atoms with Gasteiger partial charge in [-0.1, -0.05) is 0 Å². The molecular formula is C6H11NO5S. The molecule has 0 amide bonds. The maximum atomic E-state index is 11.2. The predicted octanol–water partition coefficient (Wildman–Crippen LogP) is -1.53. The summed E-state index contributed by atoms with van der Waals surface area (Å²) in [6.07, 6.45) is -0.290. The SMILES string of the molecule is O=C(O)CS(=O)(=O)N1CCC(O)C1. The lowest BCUT2D eigenvalue weighted by atomic mass is 10.3. The molecule has 1 aliphatic heterocycles. The van der Waals surface area contributed by atoms with Crippen LogP contribution in [0.3, 0.4) is 0 Å². The van der Waals surface area contributed by atoms with Crippen LogP contribution in [0.25, 0.3) is 0 Å². The quantitative estimate of drug-likeness (QED) is 0.588. The largest absolute Gasteiger partial charge is 0.480 e. The second-order valence-electron chi connectivity index (χ2n) is 2.95. The van der Waals surface area contributed by atoms with Crippen LogP contribution in [0, 0.1) is 0 Å². The Kier molecular flexibility index (Phi) is 2.89. The molecule has 0 bridgehead atoms. The topological polar surface area (TPSA) is 94.9 Å². The zero-order chi connectivity index (χ0) is 10.1. The summed E-state index contributed by atoms with van der Waals surface area (Å²) < 4.78 is 23.5. The first-order valence-electron chi connectivity index (χ1n) is 3.79. The third kappa shape index (κ3) is 2.64. The van der Waals surface area contributed by atoms with E-state index in [4.69, 9.17) is 10.2 Å². The smallest absolute Gasteiger partial charge is 0.320 e. The summed E-state index contributed by atoms with van der Waals surface area (Å²) in [6, 6.07) is 0. The Hall–Kier alpha value is -0.660.